The average molecular weight is 296 g/mol. The van der Waals surface area contributed by atoms with Gasteiger partial charge in [0, 0.05) is 13.1 Å². The van der Waals surface area contributed by atoms with Crippen molar-refractivity contribution in [3.05, 3.63) is 48.0 Å². The van der Waals surface area contributed by atoms with Crippen LogP contribution in [-0.2, 0) is 11.2 Å². The van der Waals surface area contributed by atoms with Crippen LogP contribution in [0.2, 0.25) is 0 Å². The largest absolute Gasteiger partial charge is 0.342 e. The van der Waals surface area contributed by atoms with Crippen molar-refractivity contribution in [1.29, 1.82) is 0 Å². The molecule has 0 saturated carbocycles. The molecular weight excluding hydrogens is 272 g/mol. The summed E-state index contributed by atoms with van der Waals surface area (Å²) in [5.41, 5.74) is 1.13. The van der Waals surface area contributed by atoms with Crippen LogP contribution in [0.4, 0.5) is 0 Å². The van der Waals surface area contributed by atoms with Gasteiger partial charge in [0.1, 0.15) is 0 Å². The molecule has 0 spiro atoms. The highest BCUT2D eigenvalue weighted by Gasteiger charge is 2.21. The zero-order chi connectivity index (χ0) is 15.4. The predicted molar refractivity (Wildman–Crippen MR) is 90.9 cm³/mol. The summed E-state index contributed by atoms with van der Waals surface area (Å²) in [6.07, 6.45) is 3.79. The van der Waals surface area contributed by atoms with Crippen molar-refractivity contribution in [3.8, 4) is 0 Å². The van der Waals surface area contributed by atoms with E-state index < -0.39 is 0 Å². The monoisotopic (exact) mass is 296 g/mol. The summed E-state index contributed by atoms with van der Waals surface area (Å²) in [5, 5.41) is 5.80. The molecule has 0 aliphatic carbocycles. The number of amides is 1. The van der Waals surface area contributed by atoms with Gasteiger partial charge < -0.3 is 10.2 Å². The number of hydrogen-bond donors (Lipinski definition) is 1. The number of nitrogens with one attached hydrogen (secondary N) is 1. The van der Waals surface area contributed by atoms with Gasteiger partial charge in [0.2, 0.25) is 5.91 Å². The minimum absolute atomic E-state index is 0.225. The number of hydrogen-bond acceptors (Lipinski definition) is 2. The minimum atomic E-state index is 0.225. The lowest BCUT2D eigenvalue weighted by molar-refractivity contribution is -0.131. The fourth-order valence-corrected chi connectivity index (χ4v) is 3.33. The maximum Gasteiger partial charge on any atom is 0.227 e. The van der Waals surface area contributed by atoms with Gasteiger partial charge in [-0.15, -0.1) is 0 Å². The third-order valence-electron chi connectivity index (χ3n) is 4.71. The van der Waals surface area contributed by atoms with E-state index >= 15 is 0 Å². The molecule has 0 radical (unpaired) electrons. The molecule has 1 amide bonds. The molecule has 0 bridgehead atoms. The first kappa shape index (κ1) is 15.0. The summed E-state index contributed by atoms with van der Waals surface area (Å²) in [6.45, 7) is 2.08. The smallest absolute Gasteiger partial charge is 0.227 e. The van der Waals surface area contributed by atoms with E-state index in [1.807, 2.05) is 30.1 Å². The Bertz CT molecular complexity index is 639. The molecule has 3 rings (SSSR count). The maximum atomic E-state index is 12.7. The van der Waals surface area contributed by atoms with Crippen LogP contribution in [0.25, 0.3) is 10.8 Å². The highest BCUT2D eigenvalue weighted by atomic mass is 16.2. The Morgan fingerprint density at radius 3 is 2.86 bits per heavy atom. The summed E-state index contributed by atoms with van der Waals surface area (Å²) in [6, 6.07) is 14.9. The van der Waals surface area contributed by atoms with Crippen molar-refractivity contribution in [2.75, 3.05) is 20.1 Å². The van der Waals surface area contributed by atoms with E-state index in [4.69, 9.17) is 0 Å². The Hall–Kier alpha value is -1.87. The van der Waals surface area contributed by atoms with Crippen molar-refractivity contribution in [1.82, 2.24) is 10.2 Å². The summed E-state index contributed by atoms with van der Waals surface area (Å²) in [5.74, 6) is 0.225. The number of fused-ring (bicyclic) bond motifs is 1. The van der Waals surface area contributed by atoms with Crippen LogP contribution >= 0.6 is 0 Å². The molecule has 1 saturated heterocycles. The molecule has 116 valence electrons. The van der Waals surface area contributed by atoms with Crippen molar-refractivity contribution in [3.63, 3.8) is 0 Å². The second-order valence-electron chi connectivity index (χ2n) is 6.15. The Morgan fingerprint density at radius 1 is 1.14 bits per heavy atom. The molecule has 2 aromatic rings. The van der Waals surface area contributed by atoms with Gasteiger partial charge in [-0.3, -0.25) is 4.79 Å². The van der Waals surface area contributed by atoms with Gasteiger partial charge in [-0.25, -0.2) is 0 Å². The molecule has 1 unspecified atom stereocenters. The van der Waals surface area contributed by atoms with Crippen molar-refractivity contribution in [2.24, 2.45) is 0 Å². The number of benzene rings is 2. The predicted octanol–water partition coefficient (Wildman–Crippen LogP) is 2.98. The van der Waals surface area contributed by atoms with Gasteiger partial charge >= 0.3 is 0 Å². The lowest BCUT2D eigenvalue weighted by Gasteiger charge is -2.27. The van der Waals surface area contributed by atoms with E-state index in [1.165, 1.54) is 10.8 Å². The fraction of sp³-hybridized carbons (Fsp3) is 0.421. The van der Waals surface area contributed by atoms with Crippen LogP contribution in [0.15, 0.2) is 42.5 Å². The zero-order valence-corrected chi connectivity index (χ0v) is 13.2. The first-order valence-corrected chi connectivity index (χ1v) is 8.19. The molecule has 3 heteroatoms. The summed E-state index contributed by atoms with van der Waals surface area (Å²) >= 11 is 0. The number of nitrogens with zero attached hydrogens (tertiary/aromatic N) is 1. The quantitative estimate of drug-likeness (QED) is 0.944. The Kier molecular flexibility index (Phi) is 4.74. The molecule has 0 aromatic heterocycles. The molecule has 1 N–H and O–H groups in total. The van der Waals surface area contributed by atoms with E-state index in [0.717, 1.165) is 37.9 Å². The van der Waals surface area contributed by atoms with Crippen LogP contribution in [0, 0.1) is 0 Å². The zero-order valence-electron chi connectivity index (χ0n) is 13.2. The first-order chi connectivity index (χ1) is 10.8. The Labute approximate surface area is 132 Å². The number of carbonyl (C=O) groups excluding carboxylic acids is 1. The van der Waals surface area contributed by atoms with Crippen LogP contribution in [0.1, 0.15) is 24.8 Å². The van der Waals surface area contributed by atoms with Crippen molar-refractivity contribution < 1.29 is 4.79 Å². The summed E-state index contributed by atoms with van der Waals surface area (Å²) < 4.78 is 0. The molecular formula is C19H24N2O. The highest BCUT2D eigenvalue weighted by Crippen LogP contribution is 2.20. The molecule has 1 aliphatic rings. The molecule has 1 heterocycles. The number of rotatable bonds is 3. The van der Waals surface area contributed by atoms with Crippen LogP contribution in [0.5, 0.6) is 0 Å². The second kappa shape index (κ2) is 6.93. The van der Waals surface area contributed by atoms with E-state index in [9.17, 15) is 4.79 Å². The van der Waals surface area contributed by atoms with Gasteiger partial charge in [-0.2, -0.15) is 0 Å². The van der Waals surface area contributed by atoms with Gasteiger partial charge in [0.25, 0.3) is 0 Å². The van der Waals surface area contributed by atoms with E-state index in [2.05, 4.69) is 29.6 Å². The van der Waals surface area contributed by atoms with Gasteiger partial charge in [0.05, 0.1) is 6.42 Å². The van der Waals surface area contributed by atoms with Gasteiger partial charge in [-0.05, 0) is 48.7 Å². The SMILES string of the molecule is CN(C(=O)Cc1cccc2ccccc12)C1CCCNCC1. The third kappa shape index (κ3) is 3.30. The van der Waals surface area contributed by atoms with Crippen LogP contribution in [-0.4, -0.2) is 37.0 Å². The fourth-order valence-electron chi connectivity index (χ4n) is 3.33. The second-order valence-corrected chi connectivity index (χ2v) is 6.15. The van der Waals surface area contributed by atoms with Crippen LogP contribution in [0.3, 0.4) is 0 Å². The Balaban J connectivity index is 1.75. The highest BCUT2D eigenvalue weighted by molar-refractivity contribution is 5.90. The van der Waals surface area contributed by atoms with E-state index in [0.29, 0.717) is 12.5 Å². The molecule has 1 fully saturated rings. The molecule has 2 aromatic carbocycles. The topological polar surface area (TPSA) is 32.3 Å². The van der Waals surface area contributed by atoms with Crippen molar-refractivity contribution >= 4 is 16.7 Å². The molecule has 22 heavy (non-hydrogen) atoms. The first-order valence-electron chi connectivity index (χ1n) is 8.19. The van der Waals surface area contributed by atoms with Crippen LogP contribution < -0.4 is 5.32 Å². The molecule has 1 atom stereocenters. The standard InChI is InChI=1S/C19H24N2O/c1-21(17-9-5-12-20-13-11-17)19(22)14-16-8-4-7-15-6-2-3-10-18(15)16/h2-4,6-8,10,17,20H,5,9,11-14H2,1H3. The Morgan fingerprint density at radius 2 is 1.95 bits per heavy atom. The normalized spacial score (nSPS) is 18.9. The lowest BCUT2D eigenvalue weighted by Crippen LogP contribution is -2.38. The maximum absolute atomic E-state index is 12.7. The van der Waals surface area contributed by atoms with Gasteiger partial charge in [-0.1, -0.05) is 42.5 Å². The lowest BCUT2D eigenvalue weighted by atomic mass is 10.0. The number of carbonyl (C=O) groups is 1. The summed E-state index contributed by atoms with van der Waals surface area (Å²) in [7, 11) is 1.96. The number of likely N-dealkylation sites (N-methyl/N-ethyl adjacent to an activating group) is 1. The third-order valence-corrected chi connectivity index (χ3v) is 4.71. The summed E-state index contributed by atoms with van der Waals surface area (Å²) in [4.78, 5) is 14.6. The van der Waals surface area contributed by atoms with Crippen molar-refractivity contribution in [2.45, 2.75) is 31.7 Å². The van der Waals surface area contributed by atoms with E-state index in [1.54, 1.807) is 0 Å². The van der Waals surface area contributed by atoms with E-state index in [-0.39, 0.29) is 5.91 Å². The average Bonchev–Trinajstić information content (AvgIpc) is 2.83. The minimum Gasteiger partial charge on any atom is -0.342 e. The molecule has 1 aliphatic heterocycles. The molecule has 3 nitrogen and oxygen atoms in total. The van der Waals surface area contributed by atoms with Gasteiger partial charge in [0.15, 0.2) is 0 Å².